The van der Waals surface area contributed by atoms with Gasteiger partial charge in [0.15, 0.2) is 6.23 Å². The van der Waals surface area contributed by atoms with E-state index >= 15 is 0 Å². The molecule has 0 aromatic heterocycles. The number of carbonyl (C=O) groups is 1. The van der Waals surface area contributed by atoms with Crippen molar-refractivity contribution in [1.29, 1.82) is 0 Å². The van der Waals surface area contributed by atoms with Crippen LogP contribution >= 0.6 is 0 Å². The first-order valence-corrected chi connectivity index (χ1v) is 11.2. The molecule has 2 N–H and O–H groups in total. The minimum atomic E-state index is -0.402. The zero-order valence-corrected chi connectivity index (χ0v) is 17.2. The maximum atomic E-state index is 11.7. The van der Waals surface area contributed by atoms with E-state index in [4.69, 9.17) is 10.5 Å². The number of ether oxygens (including phenoxy) is 1. The van der Waals surface area contributed by atoms with E-state index in [-0.39, 0.29) is 5.97 Å². The minimum Gasteiger partial charge on any atom is -0.447 e. The van der Waals surface area contributed by atoms with Gasteiger partial charge in [-0.05, 0) is 19.3 Å². The Bertz CT molecular complexity index is 281. The molecule has 0 spiro atoms. The van der Waals surface area contributed by atoms with Crippen molar-refractivity contribution in [2.75, 3.05) is 0 Å². The van der Waals surface area contributed by atoms with Crippen molar-refractivity contribution in [3.05, 3.63) is 0 Å². The molecule has 3 nitrogen and oxygen atoms in total. The van der Waals surface area contributed by atoms with Gasteiger partial charge in [-0.25, -0.2) is 0 Å². The monoisotopic (exact) mass is 355 g/mol. The smallest absolute Gasteiger partial charge is 0.307 e. The maximum absolute atomic E-state index is 11.7. The predicted octanol–water partition coefficient (Wildman–Crippen LogP) is 6.88. The van der Waals surface area contributed by atoms with Crippen LogP contribution in [0.15, 0.2) is 0 Å². The van der Waals surface area contributed by atoms with E-state index < -0.39 is 6.23 Å². The fraction of sp³-hybridized carbons (Fsp3) is 0.955. The van der Waals surface area contributed by atoms with Crippen molar-refractivity contribution in [2.45, 2.75) is 136 Å². The van der Waals surface area contributed by atoms with E-state index in [0.29, 0.717) is 6.42 Å². The molecule has 0 aliphatic carbocycles. The fourth-order valence-electron chi connectivity index (χ4n) is 3.17. The molecule has 0 saturated carbocycles. The van der Waals surface area contributed by atoms with Gasteiger partial charge in [0.05, 0.1) is 0 Å². The third-order valence-corrected chi connectivity index (χ3v) is 4.86. The molecule has 1 atom stereocenters. The number of rotatable bonds is 19. The number of hydrogen-bond acceptors (Lipinski definition) is 3. The summed E-state index contributed by atoms with van der Waals surface area (Å²) >= 11 is 0. The highest BCUT2D eigenvalue weighted by Crippen LogP contribution is 2.13. The average molecular weight is 356 g/mol. The van der Waals surface area contributed by atoms with Crippen molar-refractivity contribution >= 4 is 5.97 Å². The van der Waals surface area contributed by atoms with Crippen LogP contribution in [0.3, 0.4) is 0 Å². The summed E-state index contributed by atoms with van der Waals surface area (Å²) in [7, 11) is 0. The molecule has 0 rings (SSSR count). The second-order valence-corrected chi connectivity index (χ2v) is 7.52. The molecular weight excluding hydrogens is 310 g/mol. The van der Waals surface area contributed by atoms with Crippen LogP contribution in [0.2, 0.25) is 0 Å². The highest BCUT2D eigenvalue weighted by Gasteiger charge is 2.09. The largest absolute Gasteiger partial charge is 0.447 e. The van der Waals surface area contributed by atoms with Crippen LogP contribution in [0.5, 0.6) is 0 Å². The Morgan fingerprint density at radius 1 is 0.680 bits per heavy atom. The highest BCUT2D eigenvalue weighted by atomic mass is 16.6. The van der Waals surface area contributed by atoms with E-state index in [1.807, 2.05) is 0 Å². The third-order valence-electron chi connectivity index (χ3n) is 4.86. The molecule has 0 aliphatic rings. The molecule has 150 valence electrons. The van der Waals surface area contributed by atoms with Crippen molar-refractivity contribution in [3.63, 3.8) is 0 Å². The molecule has 3 heteroatoms. The van der Waals surface area contributed by atoms with Gasteiger partial charge in [0.2, 0.25) is 0 Å². The standard InChI is InChI=1S/C22H45NO2/c1-3-5-7-8-9-10-11-12-13-14-15-16-18-20-22(24)25-21(23)19-17-6-4-2/h21H,3-20,23H2,1-2H3. The van der Waals surface area contributed by atoms with Gasteiger partial charge in [0.1, 0.15) is 0 Å². The lowest BCUT2D eigenvalue weighted by atomic mass is 10.0. The van der Waals surface area contributed by atoms with Crippen LogP contribution < -0.4 is 5.73 Å². The molecule has 0 bridgehead atoms. The molecular formula is C22H45NO2. The van der Waals surface area contributed by atoms with Gasteiger partial charge in [-0.2, -0.15) is 0 Å². The Labute approximate surface area is 157 Å². The summed E-state index contributed by atoms with van der Waals surface area (Å²) in [6.07, 6.45) is 21.4. The second-order valence-electron chi connectivity index (χ2n) is 7.52. The summed E-state index contributed by atoms with van der Waals surface area (Å²) in [4.78, 5) is 11.7. The van der Waals surface area contributed by atoms with E-state index in [1.54, 1.807) is 0 Å². The van der Waals surface area contributed by atoms with Crippen LogP contribution in [-0.2, 0) is 9.53 Å². The lowest BCUT2D eigenvalue weighted by molar-refractivity contribution is -0.149. The number of hydrogen-bond donors (Lipinski definition) is 1. The normalized spacial score (nSPS) is 12.3. The zero-order valence-electron chi connectivity index (χ0n) is 17.2. The van der Waals surface area contributed by atoms with Gasteiger partial charge in [0.25, 0.3) is 0 Å². The summed E-state index contributed by atoms with van der Waals surface area (Å²) < 4.78 is 5.24. The summed E-state index contributed by atoms with van der Waals surface area (Å²) in [6.45, 7) is 4.43. The first kappa shape index (κ1) is 24.4. The third kappa shape index (κ3) is 19.6. The van der Waals surface area contributed by atoms with Crippen LogP contribution in [-0.4, -0.2) is 12.2 Å². The SMILES string of the molecule is CCCCCCCCCCCCCCCC(=O)OC(N)CCCCC. The Morgan fingerprint density at radius 3 is 1.56 bits per heavy atom. The maximum Gasteiger partial charge on any atom is 0.307 e. The number of esters is 1. The van der Waals surface area contributed by atoms with E-state index in [0.717, 1.165) is 32.1 Å². The highest BCUT2D eigenvalue weighted by molar-refractivity contribution is 5.69. The van der Waals surface area contributed by atoms with Gasteiger partial charge in [-0.1, -0.05) is 104 Å². The van der Waals surface area contributed by atoms with E-state index in [2.05, 4.69) is 13.8 Å². The lowest BCUT2D eigenvalue weighted by Gasteiger charge is -2.12. The van der Waals surface area contributed by atoms with E-state index in [9.17, 15) is 4.79 Å². The molecule has 0 fully saturated rings. The second kappa shape index (κ2) is 19.8. The Balaban J connectivity index is 3.23. The number of carbonyl (C=O) groups excluding carboxylic acids is 1. The molecule has 0 aliphatic heterocycles. The summed E-state index contributed by atoms with van der Waals surface area (Å²) in [5.74, 6) is -0.118. The van der Waals surface area contributed by atoms with Crippen molar-refractivity contribution in [1.82, 2.24) is 0 Å². The minimum absolute atomic E-state index is 0.118. The molecule has 0 radical (unpaired) electrons. The molecule has 0 aromatic rings. The molecule has 0 amide bonds. The Hall–Kier alpha value is -0.570. The van der Waals surface area contributed by atoms with E-state index in [1.165, 1.54) is 77.0 Å². The van der Waals surface area contributed by atoms with Crippen LogP contribution in [0.1, 0.15) is 129 Å². The van der Waals surface area contributed by atoms with Gasteiger partial charge >= 0.3 is 5.97 Å². The fourth-order valence-corrected chi connectivity index (χ4v) is 3.17. The van der Waals surface area contributed by atoms with Crippen LogP contribution in [0.4, 0.5) is 0 Å². The van der Waals surface area contributed by atoms with Crippen LogP contribution in [0.25, 0.3) is 0 Å². The quantitative estimate of drug-likeness (QED) is 0.156. The van der Waals surface area contributed by atoms with Gasteiger partial charge < -0.3 is 4.74 Å². The predicted molar refractivity (Wildman–Crippen MR) is 109 cm³/mol. The van der Waals surface area contributed by atoms with Crippen molar-refractivity contribution < 1.29 is 9.53 Å². The topological polar surface area (TPSA) is 52.3 Å². The summed E-state index contributed by atoms with van der Waals surface area (Å²) in [6, 6.07) is 0. The van der Waals surface area contributed by atoms with Gasteiger partial charge in [-0.15, -0.1) is 0 Å². The Morgan fingerprint density at radius 2 is 1.08 bits per heavy atom. The summed E-state index contributed by atoms with van der Waals surface area (Å²) in [5, 5.41) is 0. The Kier molecular flexibility index (Phi) is 19.3. The lowest BCUT2D eigenvalue weighted by Crippen LogP contribution is -2.26. The van der Waals surface area contributed by atoms with Crippen molar-refractivity contribution in [2.24, 2.45) is 5.73 Å². The summed E-state index contributed by atoms with van der Waals surface area (Å²) in [5.41, 5.74) is 5.82. The van der Waals surface area contributed by atoms with Gasteiger partial charge in [0, 0.05) is 6.42 Å². The molecule has 0 aromatic carbocycles. The zero-order chi connectivity index (χ0) is 18.6. The van der Waals surface area contributed by atoms with Gasteiger partial charge in [-0.3, -0.25) is 10.5 Å². The molecule has 1 unspecified atom stereocenters. The number of nitrogens with two attached hydrogens (primary N) is 1. The first-order chi connectivity index (χ1) is 12.2. The average Bonchev–Trinajstić information content (AvgIpc) is 2.59. The number of unbranched alkanes of at least 4 members (excludes halogenated alkanes) is 14. The molecule has 25 heavy (non-hydrogen) atoms. The van der Waals surface area contributed by atoms with Crippen molar-refractivity contribution in [3.8, 4) is 0 Å². The van der Waals surface area contributed by atoms with Crippen LogP contribution in [0, 0.1) is 0 Å². The molecule has 0 saturated heterocycles. The molecule has 0 heterocycles. The first-order valence-electron chi connectivity index (χ1n) is 11.2.